The van der Waals surface area contributed by atoms with Crippen molar-refractivity contribution in [1.82, 2.24) is 30.0 Å². The molecule has 1 saturated heterocycles. The molecule has 0 bridgehead atoms. The predicted octanol–water partition coefficient (Wildman–Crippen LogP) is 4.26. The van der Waals surface area contributed by atoms with Crippen LogP contribution in [0.3, 0.4) is 0 Å². The van der Waals surface area contributed by atoms with Crippen molar-refractivity contribution >= 4 is 37.7 Å². The molecule has 170 valence electrons. The first-order valence-corrected chi connectivity index (χ1v) is 11.9. The van der Waals surface area contributed by atoms with E-state index in [0.29, 0.717) is 22.9 Å². The molecule has 4 heterocycles. The highest BCUT2D eigenvalue weighted by Gasteiger charge is 2.39. The van der Waals surface area contributed by atoms with Crippen LogP contribution in [0.15, 0.2) is 24.5 Å². The number of thiazole rings is 1. The van der Waals surface area contributed by atoms with Crippen LogP contribution in [-0.4, -0.2) is 48.9 Å². The molecule has 0 atom stereocenters. The summed E-state index contributed by atoms with van der Waals surface area (Å²) in [4.78, 5) is 17.4. The Hall–Kier alpha value is -3.09. The first kappa shape index (κ1) is 21.7. The minimum atomic E-state index is 0.0632. The van der Waals surface area contributed by atoms with E-state index in [1.807, 2.05) is 25.4 Å². The van der Waals surface area contributed by atoms with Crippen LogP contribution in [0.4, 0.5) is 5.13 Å². The fourth-order valence-corrected chi connectivity index (χ4v) is 6.13. The molecule has 0 spiro atoms. The van der Waals surface area contributed by atoms with Crippen LogP contribution in [-0.2, 0) is 7.05 Å². The van der Waals surface area contributed by atoms with Gasteiger partial charge in [-0.15, -0.1) is 0 Å². The van der Waals surface area contributed by atoms with E-state index in [4.69, 9.17) is 9.97 Å². The molecule has 33 heavy (non-hydrogen) atoms. The number of nitrogens with zero attached hydrogens (tertiary/aromatic N) is 7. The van der Waals surface area contributed by atoms with Crippen LogP contribution < -0.4 is 10.2 Å². The molecule has 0 saturated carbocycles. The second kappa shape index (κ2) is 7.47. The van der Waals surface area contributed by atoms with Crippen molar-refractivity contribution in [2.45, 2.75) is 57.7 Å². The SMILES string of the molecule is CN(c1nc2cnc(-c3cc(C#N)c4nn(C)cc4c3)nc2s1)C1CC(C)(C)NC(C)(C)C1. The molecule has 1 aromatic carbocycles. The van der Waals surface area contributed by atoms with Crippen LogP contribution in [0.5, 0.6) is 0 Å². The Kier molecular flexibility index (Phi) is 4.92. The Labute approximate surface area is 197 Å². The Morgan fingerprint density at radius 3 is 2.61 bits per heavy atom. The van der Waals surface area contributed by atoms with Gasteiger partial charge in [0.05, 0.1) is 11.8 Å². The highest BCUT2D eigenvalue weighted by atomic mass is 32.1. The number of anilines is 1. The topological polar surface area (TPSA) is 95.5 Å². The average molecular weight is 461 g/mol. The molecule has 0 aliphatic carbocycles. The Morgan fingerprint density at radius 2 is 1.91 bits per heavy atom. The lowest BCUT2D eigenvalue weighted by Gasteiger charge is -2.48. The molecule has 8 nitrogen and oxygen atoms in total. The largest absolute Gasteiger partial charge is 0.348 e. The zero-order valence-corrected chi connectivity index (χ0v) is 20.7. The summed E-state index contributed by atoms with van der Waals surface area (Å²) in [5, 5.41) is 19.6. The molecule has 1 aliphatic heterocycles. The summed E-state index contributed by atoms with van der Waals surface area (Å²) >= 11 is 1.59. The van der Waals surface area contributed by atoms with Gasteiger partial charge < -0.3 is 10.2 Å². The summed E-state index contributed by atoms with van der Waals surface area (Å²) < 4.78 is 1.72. The number of hydrogen-bond donors (Lipinski definition) is 1. The second-order valence-electron chi connectivity index (χ2n) is 10.3. The maximum Gasteiger partial charge on any atom is 0.187 e. The fraction of sp³-hybridized carbons (Fsp3) is 0.458. The highest BCUT2D eigenvalue weighted by Crippen LogP contribution is 2.36. The molecule has 1 N–H and O–H groups in total. The maximum absolute atomic E-state index is 9.59. The quantitative estimate of drug-likeness (QED) is 0.488. The Morgan fingerprint density at radius 1 is 1.18 bits per heavy atom. The third kappa shape index (κ3) is 4.05. The number of hydrogen-bond acceptors (Lipinski definition) is 8. The van der Waals surface area contributed by atoms with Gasteiger partial charge in [-0.2, -0.15) is 10.4 Å². The fourth-order valence-electron chi connectivity index (χ4n) is 5.18. The summed E-state index contributed by atoms with van der Waals surface area (Å²) in [5.74, 6) is 0.590. The van der Waals surface area contributed by atoms with Gasteiger partial charge in [0.2, 0.25) is 0 Å². The van der Waals surface area contributed by atoms with Gasteiger partial charge in [0, 0.05) is 48.4 Å². The molecule has 9 heteroatoms. The zero-order valence-electron chi connectivity index (χ0n) is 19.8. The van der Waals surface area contributed by atoms with E-state index >= 15 is 0 Å². The number of aryl methyl sites for hydroxylation is 1. The van der Waals surface area contributed by atoms with Gasteiger partial charge in [-0.05, 0) is 52.7 Å². The lowest BCUT2D eigenvalue weighted by Crippen LogP contribution is -2.61. The zero-order chi connectivity index (χ0) is 23.5. The van der Waals surface area contributed by atoms with E-state index in [1.54, 1.807) is 22.2 Å². The lowest BCUT2D eigenvalue weighted by molar-refractivity contribution is 0.161. The molecule has 1 fully saturated rings. The third-order valence-electron chi connectivity index (χ3n) is 6.26. The molecule has 0 unspecified atom stereocenters. The van der Waals surface area contributed by atoms with E-state index in [-0.39, 0.29) is 11.1 Å². The van der Waals surface area contributed by atoms with E-state index < -0.39 is 0 Å². The molecular weight excluding hydrogens is 432 g/mol. The molecule has 1 aliphatic rings. The summed E-state index contributed by atoms with van der Waals surface area (Å²) in [7, 11) is 3.98. The van der Waals surface area contributed by atoms with Crippen molar-refractivity contribution in [3.63, 3.8) is 0 Å². The van der Waals surface area contributed by atoms with E-state index in [0.717, 1.165) is 39.3 Å². The standard InChI is InChI=1S/C24H28N8S/c1-23(2)9-17(10-24(3,4)30-23)32(6)22-27-18-12-26-20(28-21(18)33-22)14-7-15(11-25)19-16(8-14)13-31(5)29-19/h7-8,12-13,17,30H,9-10H2,1-6H3. The van der Waals surface area contributed by atoms with E-state index in [2.05, 4.69) is 61.1 Å². The number of piperidine rings is 1. The number of fused-ring (bicyclic) bond motifs is 2. The van der Waals surface area contributed by atoms with Gasteiger partial charge in [0.1, 0.15) is 21.9 Å². The molecule has 0 radical (unpaired) electrons. The minimum absolute atomic E-state index is 0.0632. The van der Waals surface area contributed by atoms with Crippen molar-refractivity contribution in [3.8, 4) is 17.5 Å². The van der Waals surface area contributed by atoms with E-state index in [9.17, 15) is 5.26 Å². The summed E-state index contributed by atoms with van der Waals surface area (Å²) in [6, 6.07) is 6.42. The lowest BCUT2D eigenvalue weighted by atomic mass is 9.79. The van der Waals surface area contributed by atoms with Crippen LogP contribution in [0.25, 0.3) is 32.6 Å². The maximum atomic E-state index is 9.59. The van der Waals surface area contributed by atoms with Crippen LogP contribution >= 0.6 is 11.3 Å². The molecule has 0 amide bonds. The third-order valence-corrected chi connectivity index (χ3v) is 7.32. The summed E-state index contributed by atoms with van der Waals surface area (Å²) in [6.45, 7) is 9.05. The molecule has 4 aromatic rings. The van der Waals surface area contributed by atoms with Crippen molar-refractivity contribution in [2.24, 2.45) is 7.05 Å². The number of aromatic nitrogens is 5. The molecular formula is C24H28N8S. The normalized spacial score (nSPS) is 18.0. The predicted molar refractivity (Wildman–Crippen MR) is 132 cm³/mol. The second-order valence-corrected chi connectivity index (χ2v) is 11.3. The van der Waals surface area contributed by atoms with Gasteiger partial charge >= 0.3 is 0 Å². The van der Waals surface area contributed by atoms with Gasteiger partial charge in [-0.1, -0.05) is 11.3 Å². The molecule has 5 rings (SSSR count). The summed E-state index contributed by atoms with van der Waals surface area (Å²) in [5.41, 5.74) is 2.94. The van der Waals surface area contributed by atoms with Crippen LogP contribution in [0.1, 0.15) is 46.1 Å². The van der Waals surface area contributed by atoms with Crippen LogP contribution in [0, 0.1) is 11.3 Å². The Bertz CT molecular complexity index is 1390. The van der Waals surface area contributed by atoms with Crippen molar-refractivity contribution in [2.75, 3.05) is 11.9 Å². The number of benzene rings is 1. The van der Waals surface area contributed by atoms with Gasteiger partial charge in [-0.25, -0.2) is 15.0 Å². The van der Waals surface area contributed by atoms with Gasteiger partial charge in [0.15, 0.2) is 11.0 Å². The smallest absolute Gasteiger partial charge is 0.187 e. The number of nitriles is 1. The number of rotatable bonds is 3. The minimum Gasteiger partial charge on any atom is -0.348 e. The number of nitrogens with one attached hydrogen (secondary N) is 1. The van der Waals surface area contributed by atoms with Gasteiger partial charge in [0.25, 0.3) is 0 Å². The monoisotopic (exact) mass is 460 g/mol. The van der Waals surface area contributed by atoms with E-state index in [1.165, 1.54) is 0 Å². The van der Waals surface area contributed by atoms with Crippen molar-refractivity contribution < 1.29 is 0 Å². The Balaban J connectivity index is 1.50. The van der Waals surface area contributed by atoms with Gasteiger partial charge in [-0.3, -0.25) is 4.68 Å². The van der Waals surface area contributed by atoms with Crippen LogP contribution in [0.2, 0.25) is 0 Å². The summed E-state index contributed by atoms with van der Waals surface area (Å²) in [6.07, 6.45) is 5.77. The average Bonchev–Trinajstić information content (AvgIpc) is 3.31. The van der Waals surface area contributed by atoms with Crippen molar-refractivity contribution in [3.05, 3.63) is 30.1 Å². The first-order chi connectivity index (χ1) is 15.5. The molecule has 3 aromatic heterocycles. The highest BCUT2D eigenvalue weighted by molar-refractivity contribution is 7.21. The first-order valence-electron chi connectivity index (χ1n) is 11.1. The van der Waals surface area contributed by atoms with Crippen molar-refractivity contribution in [1.29, 1.82) is 5.26 Å².